The van der Waals surface area contributed by atoms with Crippen molar-refractivity contribution in [3.8, 4) is 0 Å². The van der Waals surface area contributed by atoms with Crippen LogP contribution in [0.2, 0.25) is 0 Å². The van der Waals surface area contributed by atoms with Crippen LogP contribution >= 0.6 is 12.2 Å². The lowest BCUT2D eigenvalue weighted by Crippen LogP contribution is -2.35. The molecule has 0 rings (SSSR count). The lowest BCUT2D eigenvalue weighted by atomic mass is 10.3. The van der Waals surface area contributed by atoms with E-state index >= 15 is 0 Å². The number of hydrogen-bond donors (Lipinski definition) is 1. The molecule has 5 heteroatoms. The van der Waals surface area contributed by atoms with E-state index < -0.39 is 0 Å². The Labute approximate surface area is 91.0 Å². The summed E-state index contributed by atoms with van der Waals surface area (Å²) >= 11 is 4.76. The first kappa shape index (κ1) is 13.3. The second-order valence-corrected chi connectivity index (χ2v) is 4.12. The van der Waals surface area contributed by atoms with Crippen LogP contribution in [0.5, 0.6) is 0 Å². The van der Waals surface area contributed by atoms with Crippen LogP contribution in [-0.4, -0.2) is 54.9 Å². The van der Waals surface area contributed by atoms with E-state index in [4.69, 9.17) is 18.0 Å². The Bertz CT molecular complexity index is 206. The number of hydrogen-bond acceptors (Lipinski definition) is 3. The summed E-state index contributed by atoms with van der Waals surface area (Å²) in [7, 11) is 5.43. The summed E-state index contributed by atoms with van der Waals surface area (Å²) in [4.78, 5) is 15.4. The van der Waals surface area contributed by atoms with Gasteiger partial charge in [0.15, 0.2) is 0 Å². The molecule has 0 saturated heterocycles. The molecule has 0 unspecified atom stereocenters. The summed E-state index contributed by atoms with van der Waals surface area (Å²) < 4.78 is 0. The minimum atomic E-state index is 0.114. The highest BCUT2D eigenvalue weighted by molar-refractivity contribution is 7.80. The molecule has 0 aromatic heterocycles. The van der Waals surface area contributed by atoms with Crippen molar-refractivity contribution in [1.82, 2.24) is 9.80 Å². The average molecular weight is 217 g/mol. The van der Waals surface area contributed by atoms with E-state index in [1.54, 1.807) is 19.0 Å². The van der Waals surface area contributed by atoms with Crippen molar-refractivity contribution >= 4 is 23.1 Å². The van der Waals surface area contributed by atoms with Gasteiger partial charge in [-0.15, -0.1) is 0 Å². The molecule has 14 heavy (non-hydrogen) atoms. The van der Waals surface area contributed by atoms with Crippen LogP contribution in [0, 0.1) is 0 Å². The summed E-state index contributed by atoms with van der Waals surface area (Å²) in [5.41, 5.74) is 5.37. The zero-order valence-corrected chi connectivity index (χ0v) is 9.93. The molecule has 0 atom stereocenters. The number of nitrogens with zero attached hydrogens (tertiary/aromatic N) is 2. The predicted molar refractivity (Wildman–Crippen MR) is 62.2 cm³/mol. The van der Waals surface area contributed by atoms with Crippen LogP contribution in [0.3, 0.4) is 0 Å². The Morgan fingerprint density at radius 1 is 1.36 bits per heavy atom. The van der Waals surface area contributed by atoms with Gasteiger partial charge in [-0.2, -0.15) is 0 Å². The maximum Gasteiger partial charge on any atom is 0.236 e. The van der Waals surface area contributed by atoms with Gasteiger partial charge in [0, 0.05) is 14.1 Å². The number of carbonyl (C=O) groups is 1. The Morgan fingerprint density at radius 3 is 2.36 bits per heavy atom. The molecular weight excluding hydrogens is 198 g/mol. The molecule has 0 bridgehead atoms. The van der Waals surface area contributed by atoms with Crippen molar-refractivity contribution < 1.29 is 4.79 Å². The second-order valence-electron chi connectivity index (χ2n) is 3.60. The highest BCUT2D eigenvalue weighted by Gasteiger charge is 2.07. The van der Waals surface area contributed by atoms with E-state index in [2.05, 4.69) is 0 Å². The molecule has 0 spiro atoms. The van der Waals surface area contributed by atoms with E-state index in [1.807, 2.05) is 11.9 Å². The molecule has 0 heterocycles. The van der Waals surface area contributed by atoms with Gasteiger partial charge in [-0.05, 0) is 26.4 Å². The third-order valence-corrected chi connectivity index (χ3v) is 2.07. The van der Waals surface area contributed by atoms with Gasteiger partial charge < -0.3 is 10.6 Å². The fourth-order valence-corrected chi connectivity index (χ4v) is 1.12. The zero-order chi connectivity index (χ0) is 11.1. The van der Waals surface area contributed by atoms with E-state index in [-0.39, 0.29) is 5.91 Å². The van der Waals surface area contributed by atoms with Crippen molar-refractivity contribution in [2.45, 2.75) is 12.8 Å². The summed E-state index contributed by atoms with van der Waals surface area (Å²) in [5, 5.41) is 0. The van der Waals surface area contributed by atoms with Gasteiger partial charge >= 0.3 is 0 Å². The summed E-state index contributed by atoms with van der Waals surface area (Å²) in [6.45, 7) is 1.29. The van der Waals surface area contributed by atoms with Gasteiger partial charge in [0.2, 0.25) is 5.91 Å². The number of likely N-dealkylation sites (N-methyl/N-ethyl adjacent to an activating group) is 2. The molecule has 0 aromatic carbocycles. The zero-order valence-electron chi connectivity index (χ0n) is 9.12. The molecule has 0 fully saturated rings. The predicted octanol–water partition coefficient (Wildman–Crippen LogP) is 0.0727. The molecule has 0 aliphatic heterocycles. The topological polar surface area (TPSA) is 49.6 Å². The standard InChI is InChI=1S/C9H19N3OS/c1-11(2)9(13)7-12(3)6-4-5-8(10)14/h4-7H2,1-3H3,(H2,10,14). The van der Waals surface area contributed by atoms with Gasteiger partial charge in [-0.3, -0.25) is 9.69 Å². The van der Waals surface area contributed by atoms with Crippen LogP contribution in [0.15, 0.2) is 0 Å². The first-order valence-electron chi connectivity index (χ1n) is 4.60. The number of amides is 1. The molecule has 0 aromatic rings. The van der Waals surface area contributed by atoms with Crippen LogP contribution in [0.4, 0.5) is 0 Å². The minimum absolute atomic E-state index is 0.114. The van der Waals surface area contributed by atoms with Gasteiger partial charge in [0.25, 0.3) is 0 Å². The summed E-state index contributed by atoms with van der Waals surface area (Å²) in [6.07, 6.45) is 1.66. The number of carbonyl (C=O) groups excluding carboxylic acids is 1. The van der Waals surface area contributed by atoms with Crippen molar-refractivity contribution in [3.63, 3.8) is 0 Å². The van der Waals surface area contributed by atoms with Crippen LogP contribution in [0.1, 0.15) is 12.8 Å². The van der Waals surface area contributed by atoms with E-state index in [1.165, 1.54) is 0 Å². The third-order valence-electron chi connectivity index (χ3n) is 1.87. The molecule has 4 nitrogen and oxygen atoms in total. The normalized spacial score (nSPS) is 10.3. The quantitative estimate of drug-likeness (QED) is 0.640. The van der Waals surface area contributed by atoms with Crippen LogP contribution in [-0.2, 0) is 4.79 Å². The fraction of sp³-hybridized carbons (Fsp3) is 0.778. The highest BCUT2D eigenvalue weighted by Crippen LogP contribution is 1.94. The second kappa shape index (κ2) is 6.73. The lowest BCUT2D eigenvalue weighted by molar-refractivity contribution is -0.129. The number of rotatable bonds is 6. The molecule has 0 radical (unpaired) electrons. The molecule has 2 N–H and O–H groups in total. The van der Waals surface area contributed by atoms with E-state index in [0.717, 1.165) is 19.4 Å². The number of nitrogens with two attached hydrogens (primary N) is 1. The summed E-state index contributed by atoms with van der Waals surface area (Å²) in [6, 6.07) is 0. The summed E-state index contributed by atoms with van der Waals surface area (Å²) in [5.74, 6) is 0.114. The lowest BCUT2D eigenvalue weighted by Gasteiger charge is -2.18. The van der Waals surface area contributed by atoms with E-state index in [9.17, 15) is 4.79 Å². The molecule has 0 saturated carbocycles. The number of thiocarbonyl (C=S) groups is 1. The van der Waals surface area contributed by atoms with Crippen molar-refractivity contribution in [3.05, 3.63) is 0 Å². The molecule has 0 aliphatic rings. The first-order valence-corrected chi connectivity index (χ1v) is 5.01. The Kier molecular flexibility index (Phi) is 6.40. The molecule has 0 aliphatic carbocycles. The van der Waals surface area contributed by atoms with Crippen molar-refractivity contribution in [1.29, 1.82) is 0 Å². The van der Waals surface area contributed by atoms with Crippen LogP contribution < -0.4 is 5.73 Å². The monoisotopic (exact) mass is 217 g/mol. The molecule has 1 amide bonds. The molecule has 82 valence electrons. The van der Waals surface area contributed by atoms with Gasteiger partial charge in [0.05, 0.1) is 11.5 Å². The Hall–Kier alpha value is -0.680. The SMILES string of the molecule is CN(CCCC(N)=S)CC(=O)N(C)C. The third kappa shape index (κ3) is 6.80. The van der Waals surface area contributed by atoms with Crippen molar-refractivity contribution in [2.24, 2.45) is 5.73 Å². The van der Waals surface area contributed by atoms with Gasteiger partial charge in [-0.25, -0.2) is 0 Å². The minimum Gasteiger partial charge on any atom is -0.393 e. The van der Waals surface area contributed by atoms with Gasteiger partial charge in [-0.1, -0.05) is 12.2 Å². The van der Waals surface area contributed by atoms with E-state index in [0.29, 0.717) is 11.5 Å². The Balaban J connectivity index is 3.60. The maximum atomic E-state index is 11.3. The fourth-order valence-electron chi connectivity index (χ4n) is 0.975. The first-order chi connectivity index (χ1) is 6.43. The maximum absolute atomic E-state index is 11.3. The van der Waals surface area contributed by atoms with Crippen molar-refractivity contribution in [2.75, 3.05) is 34.2 Å². The van der Waals surface area contributed by atoms with Gasteiger partial charge in [0.1, 0.15) is 0 Å². The Morgan fingerprint density at radius 2 is 1.93 bits per heavy atom. The average Bonchev–Trinajstić information content (AvgIpc) is 2.02. The molecular formula is C9H19N3OS. The highest BCUT2D eigenvalue weighted by atomic mass is 32.1. The smallest absolute Gasteiger partial charge is 0.236 e. The van der Waals surface area contributed by atoms with Crippen LogP contribution in [0.25, 0.3) is 0 Å². The largest absolute Gasteiger partial charge is 0.393 e.